The van der Waals surface area contributed by atoms with Gasteiger partial charge in [0.05, 0.1) is 7.11 Å². The minimum absolute atomic E-state index is 0.0216. The van der Waals surface area contributed by atoms with E-state index in [1.807, 2.05) is 19.1 Å². The molecule has 1 aliphatic carbocycles. The maximum absolute atomic E-state index is 11.5. The minimum atomic E-state index is -0.0974. The molecule has 0 spiro atoms. The van der Waals surface area contributed by atoms with Gasteiger partial charge in [0.25, 0.3) is 0 Å². The van der Waals surface area contributed by atoms with Gasteiger partial charge in [0, 0.05) is 12.3 Å². The Labute approximate surface area is 114 Å². The first-order chi connectivity index (χ1) is 9.24. The maximum atomic E-state index is 11.5. The summed E-state index contributed by atoms with van der Waals surface area (Å²) < 4.78 is 10.9. The van der Waals surface area contributed by atoms with Crippen LogP contribution in [-0.4, -0.2) is 19.2 Å². The largest absolute Gasteiger partial charge is 0.497 e. The summed E-state index contributed by atoms with van der Waals surface area (Å²) in [6.07, 6.45) is 4.85. The molecule has 0 N–H and O–H groups in total. The summed E-state index contributed by atoms with van der Waals surface area (Å²) in [5.74, 6) is 1.07. The Morgan fingerprint density at radius 2 is 2.11 bits per heavy atom. The monoisotopic (exact) mass is 262 g/mol. The standard InChI is InChI=1S/C16H22O3/c1-3-16(17)19-15-10-5-4-9-14(15)12-7-6-8-13(11-12)18-2/h6-8,11,14-15H,3-5,9-10H2,1-2H3. The number of hydrogen-bond donors (Lipinski definition) is 0. The van der Waals surface area contributed by atoms with Crippen LogP contribution < -0.4 is 4.74 Å². The lowest BCUT2D eigenvalue weighted by atomic mass is 9.81. The van der Waals surface area contributed by atoms with Crippen molar-refractivity contribution < 1.29 is 14.3 Å². The van der Waals surface area contributed by atoms with Crippen LogP contribution in [-0.2, 0) is 9.53 Å². The van der Waals surface area contributed by atoms with Crippen LogP contribution in [0.1, 0.15) is 50.5 Å². The van der Waals surface area contributed by atoms with E-state index in [0.29, 0.717) is 12.3 Å². The average molecular weight is 262 g/mol. The number of carbonyl (C=O) groups excluding carboxylic acids is 1. The molecule has 0 heterocycles. The Balaban J connectivity index is 2.15. The lowest BCUT2D eigenvalue weighted by molar-refractivity contribution is -0.151. The number of ether oxygens (including phenoxy) is 2. The van der Waals surface area contributed by atoms with Crippen LogP contribution >= 0.6 is 0 Å². The van der Waals surface area contributed by atoms with Crippen molar-refractivity contribution in [1.82, 2.24) is 0 Å². The van der Waals surface area contributed by atoms with E-state index in [1.54, 1.807) is 7.11 Å². The highest BCUT2D eigenvalue weighted by molar-refractivity contribution is 5.69. The summed E-state index contributed by atoms with van der Waals surface area (Å²) in [5, 5.41) is 0. The molecule has 2 atom stereocenters. The van der Waals surface area contributed by atoms with E-state index in [4.69, 9.17) is 9.47 Å². The van der Waals surface area contributed by atoms with Gasteiger partial charge in [-0.05, 0) is 37.0 Å². The molecule has 0 bridgehead atoms. The van der Waals surface area contributed by atoms with E-state index in [9.17, 15) is 4.79 Å². The van der Waals surface area contributed by atoms with Crippen LogP contribution in [0.2, 0.25) is 0 Å². The molecule has 1 aromatic rings. The summed E-state index contributed by atoms with van der Waals surface area (Å²) in [7, 11) is 1.68. The highest BCUT2D eigenvalue weighted by atomic mass is 16.5. The maximum Gasteiger partial charge on any atom is 0.305 e. The van der Waals surface area contributed by atoms with Gasteiger partial charge in [-0.15, -0.1) is 0 Å². The zero-order chi connectivity index (χ0) is 13.7. The summed E-state index contributed by atoms with van der Waals surface area (Å²) in [6, 6.07) is 8.11. The van der Waals surface area contributed by atoms with Gasteiger partial charge < -0.3 is 9.47 Å². The third kappa shape index (κ3) is 3.49. The van der Waals surface area contributed by atoms with Crippen LogP contribution in [0, 0.1) is 0 Å². The van der Waals surface area contributed by atoms with Crippen molar-refractivity contribution in [3.8, 4) is 5.75 Å². The second-order valence-electron chi connectivity index (χ2n) is 5.05. The molecule has 0 saturated heterocycles. The number of rotatable bonds is 4. The van der Waals surface area contributed by atoms with Crippen molar-refractivity contribution in [2.24, 2.45) is 0 Å². The molecule has 3 nitrogen and oxygen atoms in total. The summed E-state index contributed by atoms with van der Waals surface area (Å²) in [5.41, 5.74) is 1.22. The molecule has 2 unspecified atom stereocenters. The Bertz CT molecular complexity index is 428. The van der Waals surface area contributed by atoms with Gasteiger partial charge in [-0.1, -0.05) is 25.5 Å². The molecular formula is C16H22O3. The van der Waals surface area contributed by atoms with E-state index in [2.05, 4.69) is 12.1 Å². The lowest BCUT2D eigenvalue weighted by Crippen LogP contribution is -2.28. The molecule has 1 aliphatic rings. The Kier molecular flexibility index (Phi) is 4.83. The molecule has 3 heteroatoms. The molecule has 104 valence electrons. The fourth-order valence-corrected chi connectivity index (χ4v) is 2.74. The van der Waals surface area contributed by atoms with Crippen molar-refractivity contribution >= 4 is 5.97 Å². The Morgan fingerprint density at radius 3 is 2.84 bits per heavy atom. The molecule has 0 aliphatic heterocycles. The van der Waals surface area contributed by atoms with Crippen LogP contribution in [0.3, 0.4) is 0 Å². The molecule has 1 aromatic carbocycles. The second kappa shape index (κ2) is 6.60. The molecular weight excluding hydrogens is 240 g/mol. The average Bonchev–Trinajstić information content (AvgIpc) is 2.47. The fourth-order valence-electron chi connectivity index (χ4n) is 2.74. The van der Waals surface area contributed by atoms with Gasteiger partial charge in [-0.2, -0.15) is 0 Å². The van der Waals surface area contributed by atoms with Crippen molar-refractivity contribution in [3.05, 3.63) is 29.8 Å². The smallest absolute Gasteiger partial charge is 0.305 e. The van der Waals surface area contributed by atoms with Crippen LogP contribution in [0.4, 0.5) is 0 Å². The molecule has 0 amide bonds. The zero-order valence-corrected chi connectivity index (χ0v) is 11.7. The quantitative estimate of drug-likeness (QED) is 0.777. The third-order valence-electron chi connectivity index (χ3n) is 3.80. The Morgan fingerprint density at radius 1 is 1.32 bits per heavy atom. The van der Waals surface area contributed by atoms with Crippen molar-refractivity contribution in [1.29, 1.82) is 0 Å². The first kappa shape index (κ1) is 13.9. The lowest BCUT2D eigenvalue weighted by Gasteiger charge is -2.31. The number of carbonyl (C=O) groups is 1. The highest BCUT2D eigenvalue weighted by Gasteiger charge is 2.29. The fraction of sp³-hybridized carbons (Fsp3) is 0.562. The molecule has 19 heavy (non-hydrogen) atoms. The van der Waals surface area contributed by atoms with Crippen molar-refractivity contribution in [3.63, 3.8) is 0 Å². The van der Waals surface area contributed by atoms with Gasteiger partial charge in [0.15, 0.2) is 0 Å². The summed E-state index contributed by atoms with van der Waals surface area (Å²) >= 11 is 0. The van der Waals surface area contributed by atoms with Crippen molar-refractivity contribution in [2.75, 3.05) is 7.11 Å². The molecule has 1 saturated carbocycles. The van der Waals surface area contributed by atoms with Gasteiger partial charge in [-0.3, -0.25) is 4.79 Å². The number of hydrogen-bond acceptors (Lipinski definition) is 3. The van der Waals surface area contributed by atoms with E-state index in [0.717, 1.165) is 25.0 Å². The number of esters is 1. The number of benzene rings is 1. The Hall–Kier alpha value is -1.51. The van der Waals surface area contributed by atoms with E-state index in [-0.39, 0.29) is 12.1 Å². The normalized spacial score (nSPS) is 22.8. The second-order valence-corrected chi connectivity index (χ2v) is 5.05. The molecule has 0 aromatic heterocycles. The van der Waals surface area contributed by atoms with Crippen LogP contribution in [0.25, 0.3) is 0 Å². The molecule has 1 fully saturated rings. The topological polar surface area (TPSA) is 35.5 Å². The van der Waals surface area contributed by atoms with Crippen LogP contribution in [0.15, 0.2) is 24.3 Å². The highest BCUT2D eigenvalue weighted by Crippen LogP contribution is 2.36. The van der Waals surface area contributed by atoms with Crippen molar-refractivity contribution in [2.45, 2.75) is 51.0 Å². The van der Waals surface area contributed by atoms with Gasteiger partial charge in [0.2, 0.25) is 0 Å². The van der Waals surface area contributed by atoms with Crippen LogP contribution in [0.5, 0.6) is 5.75 Å². The zero-order valence-electron chi connectivity index (χ0n) is 11.7. The van der Waals surface area contributed by atoms with E-state index >= 15 is 0 Å². The van der Waals surface area contributed by atoms with Gasteiger partial charge in [0.1, 0.15) is 11.9 Å². The predicted molar refractivity (Wildman–Crippen MR) is 74.4 cm³/mol. The molecule has 2 rings (SSSR count). The first-order valence-corrected chi connectivity index (χ1v) is 7.08. The summed E-state index contributed by atoms with van der Waals surface area (Å²) in [6.45, 7) is 1.84. The third-order valence-corrected chi connectivity index (χ3v) is 3.80. The van der Waals surface area contributed by atoms with E-state index in [1.165, 1.54) is 12.0 Å². The van der Waals surface area contributed by atoms with E-state index < -0.39 is 0 Å². The molecule has 0 radical (unpaired) electrons. The minimum Gasteiger partial charge on any atom is -0.497 e. The van der Waals surface area contributed by atoms with Gasteiger partial charge >= 0.3 is 5.97 Å². The SMILES string of the molecule is CCC(=O)OC1CCCCC1c1cccc(OC)c1. The first-order valence-electron chi connectivity index (χ1n) is 7.08. The summed E-state index contributed by atoms with van der Waals surface area (Å²) in [4.78, 5) is 11.5. The van der Waals surface area contributed by atoms with Gasteiger partial charge in [-0.25, -0.2) is 0 Å². The number of methoxy groups -OCH3 is 1. The predicted octanol–water partition coefficient (Wildman–Crippen LogP) is 3.67.